The number of nitrogens with zero attached hydrogens (tertiary/aromatic N) is 4. The molecular weight excluding hydrogens is 430 g/mol. The van der Waals surface area contributed by atoms with E-state index in [1.54, 1.807) is 30.0 Å². The number of nitro groups is 1. The van der Waals surface area contributed by atoms with Crippen LogP contribution in [0.5, 0.6) is 0 Å². The highest BCUT2D eigenvalue weighted by atomic mass is 32.2. The molecule has 0 aliphatic heterocycles. The van der Waals surface area contributed by atoms with Crippen LogP contribution in [0.3, 0.4) is 0 Å². The summed E-state index contributed by atoms with van der Waals surface area (Å²) >= 11 is 4.29. The molecular formula is C18H15N5O3S3. The normalized spacial score (nSPS) is 10.9. The van der Waals surface area contributed by atoms with Gasteiger partial charge in [0.2, 0.25) is 0 Å². The Morgan fingerprint density at radius 3 is 2.55 bits per heavy atom. The molecule has 1 N–H and O–H groups in total. The summed E-state index contributed by atoms with van der Waals surface area (Å²) < 4.78 is 1.53. The zero-order chi connectivity index (χ0) is 20.5. The van der Waals surface area contributed by atoms with Gasteiger partial charge in [-0.2, -0.15) is 5.10 Å². The van der Waals surface area contributed by atoms with Crippen molar-refractivity contribution in [1.82, 2.24) is 15.6 Å². The number of carbonyl (C=O) groups excluding carboxylic acids is 1. The summed E-state index contributed by atoms with van der Waals surface area (Å²) in [6, 6.07) is 16.2. The molecule has 2 aromatic carbocycles. The zero-order valence-electron chi connectivity index (χ0n) is 14.9. The highest BCUT2D eigenvalue weighted by molar-refractivity contribution is 8.03. The number of nitro benzene ring substituents is 1. The van der Waals surface area contributed by atoms with Crippen LogP contribution < -0.4 is 5.43 Å². The molecule has 1 amide bonds. The molecule has 0 atom stereocenters. The van der Waals surface area contributed by atoms with Crippen molar-refractivity contribution in [1.29, 1.82) is 0 Å². The first kappa shape index (κ1) is 21.0. The molecule has 0 aliphatic carbocycles. The standard InChI is InChI=1S/C18H15N5O3S3/c24-16(20-19-10-14-8-4-5-9-15(14)23(25)26)12-28-18-22-21-17(29-18)27-11-13-6-2-1-3-7-13/h1-10H,11-12H2,(H,20,24)/b19-10-. The van der Waals surface area contributed by atoms with Gasteiger partial charge in [0.05, 0.1) is 22.5 Å². The predicted molar refractivity (Wildman–Crippen MR) is 115 cm³/mol. The van der Waals surface area contributed by atoms with Gasteiger partial charge in [-0.1, -0.05) is 77.3 Å². The quantitative estimate of drug-likeness (QED) is 0.229. The summed E-state index contributed by atoms with van der Waals surface area (Å²) in [4.78, 5) is 22.4. The first-order valence-electron chi connectivity index (χ1n) is 8.30. The molecule has 1 aromatic heterocycles. The van der Waals surface area contributed by atoms with Gasteiger partial charge in [0.25, 0.3) is 11.6 Å². The van der Waals surface area contributed by atoms with Crippen molar-refractivity contribution in [3.05, 3.63) is 75.8 Å². The van der Waals surface area contributed by atoms with E-state index in [1.165, 1.54) is 40.9 Å². The Kier molecular flexibility index (Phi) is 7.73. The zero-order valence-corrected chi connectivity index (χ0v) is 17.4. The van der Waals surface area contributed by atoms with Crippen LogP contribution in [0.25, 0.3) is 0 Å². The van der Waals surface area contributed by atoms with Crippen LogP contribution in [0.4, 0.5) is 5.69 Å². The minimum absolute atomic E-state index is 0.0748. The molecule has 148 valence electrons. The molecule has 0 fully saturated rings. The monoisotopic (exact) mass is 445 g/mol. The van der Waals surface area contributed by atoms with Gasteiger partial charge in [0, 0.05) is 11.8 Å². The van der Waals surface area contributed by atoms with Gasteiger partial charge in [-0.05, 0) is 11.6 Å². The van der Waals surface area contributed by atoms with Crippen molar-refractivity contribution in [2.24, 2.45) is 5.10 Å². The van der Waals surface area contributed by atoms with Crippen LogP contribution in [0, 0.1) is 10.1 Å². The average Bonchev–Trinajstić information content (AvgIpc) is 3.20. The molecule has 0 saturated heterocycles. The van der Waals surface area contributed by atoms with Gasteiger partial charge in [-0.25, -0.2) is 5.43 Å². The lowest BCUT2D eigenvalue weighted by atomic mass is 10.2. The van der Waals surface area contributed by atoms with Crippen molar-refractivity contribution in [2.75, 3.05) is 5.75 Å². The summed E-state index contributed by atoms with van der Waals surface area (Å²) in [6.45, 7) is 0. The number of benzene rings is 2. The maximum atomic E-state index is 11.9. The molecule has 8 nitrogen and oxygen atoms in total. The Labute approximate surface area is 179 Å². The Balaban J connectivity index is 1.44. The van der Waals surface area contributed by atoms with Crippen LogP contribution in [-0.4, -0.2) is 33.0 Å². The number of hydrogen-bond acceptors (Lipinski definition) is 9. The molecule has 0 saturated carbocycles. The minimum Gasteiger partial charge on any atom is -0.272 e. The average molecular weight is 446 g/mol. The van der Waals surface area contributed by atoms with E-state index in [0.717, 1.165) is 10.1 Å². The number of hydrazone groups is 1. The van der Waals surface area contributed by atoms with Crippen LogP contribution in [0.15, 0.2) is 68.4 Å². The van der Waals surface area contributed by atoms with Gasteiger partial charge in [0.1, 0.15) is 0 Å². The smallest absolute Gasteiger partial charge is 0.272 e. The fourth-order valence-corrected chi connectivity index (χ4v) is 4.90. The molecule has 3 aromatic rings. The molecule has 0 spiro atoms. The predicted octanol–water partition coefficient (Wildman–Crippen LogP) is 3.98. The number of thioether (sulfide) groups is 2. The number of amides is 1. The summed E-state index contributed by atoms with van der Waals surface area (Å²) in [5.74, 6) is 0.589. The van der Waals surface area contributed by atoms with E-state index >= 15 is 0 Å². The van der Waals surface area contributed by atoms with Crippen molar-refractivity contribution in [3.8, 4) is 0 Å². The lowest BCUT2D eigenvalue weighted by molar-refractivity contribution is -0.385. The van der Waals surface area contributed by atoms with Crippen molar-refractivity contribution in [2.45, 2.75) is 14.4 Å². The number of para-hydroxylation sites is 1. The summed E-state index contributed by atoms with van der Waals surface area (Å²) in [5, 5.41) is 22.9. The van der Waals surface area contributed by atoms with Gasteiger partial charge in [0.15, 0.2) is 8.68 Å². The minimum atomic E-state index is -0.498. The van der Waals surface area contributed by atoms with E-state index in [-0.39, 0.29) is 17.3 Å². The molecule has 0 aliphatic rings. The molecule has 0 unspecified atom stereocenters. The summed E-state index contributed by atoms with van der Waals surface area (Å²) in [7, 11) is 0. The molecule has 0 radical (unpaired) electrons. The maximum absolute atomic E-state index is 11.9. The Morgan fingerprint density at radius 1 is 1.10 bits per heavy atom. The molecule has 3 rings (SSSR count). The van der Waals surface area contributed by atoms with E-state index in [1.807, 2.05) is 18.2 Å². The second-order valence-electron chi connectivity index (χ2n) is 5.51. The van der Waals surface area contributed by atoms with Gasteiger partial charge in [-0.3, -0.25) is 14.9 Å². The van der Waals surface area contributed by atoms with Gasteiger partial charge in [-0.15, -0.1) is 10.2 Å². The second kappa shape index (κ2) is 10.7. The van der Waals surface area contributed by atoms with Crippen LogP contribution >= 0.6 is 34.9 Å². The Bertz CT molecular complexity index is 1010. The van der Waals surface area contributed by atoms with Crippen molar-refractivity contribution < 1.29 is 9.72 Å². The topological polar surface area (TPSA) is 110 Å². The highest BCUT2D eigenvalue weighted by Gasteiger charge is 2.11. The molecule has 1 heterocycles. The third-order valence-corrected chi connectivity index (χ3v) is 6.71. The van der Waals surface area contributed by atoms with E-state index in [4.69, 9.17) is 0 Å². The Morgan fingerprint density at radius 2 is 1.79 bits per heavy atom. The van der Waals surface area contributed by atoms with Crippen LogP contribution in [0.1, 0.15) is 11.1 Å². The lowest BCUT2D eigenvalue weighted by Gasteiger charge is -1.98. The third kappa shape index (κ3) is 6.66. The van der Waals surface area contributed by atoms with E-state index in [9.17, 15) is 14.9 Å². The largest absolute Gasteiger partial charge is 0.278 e. The molecule has 0 bridgehead atoms. The van der Waals surface area contributed by atoms with E-state index in [0.29, 0.717) is 9.90 Å². The lowest BCUT2D eigenvalue weighted by Crippen LogP contribution is -2.19. The van der Waals surface area contributed by atoms with E-state index < -0.39 is 4.92 Å². The number of aromatic nitrogens is 2. The second-order valence-corrected chi connectivity index (χ2v) is 8.93. The van der Waals surface area contributed by atoms with Crippen molar-refractivity contribution in [3.63, 3.8) is 0 Å². The fourth-order valence-electron chi connectivity index (χ4n) is 2.13. The maximum Gasteiger partial charge on any atom is 0.278 e. The summed E-state index contributed by atoms with van der Waals surface area (Å²) in [6.07, 6.45) is 1.25. The van der Waals surface area contributed by atoms with Crippen LogP contribution in [0.2, 0.25) is 0 Å². The Hall–Kier alpha value is -2.76. The molecule has 11 heteroatoms. The first-order valence-corrected chi connectivity index (χ1v) is 11.1. The SMILES string of the molecule is O=C(CSc1nnc(SCc2ccccc2)s1)N/N=C\c1ccccc1[N+](=O)[O-]. The number of rotatable bonds is 9. The number of hydrogen-bond donors (Lipinski definition) is 1. The summed E-state index contributed by atoms with van der Waals surface area (Å²) in [5.41, 5.74) is 3.81. The number of nitrogens with one attached hydrogen (secondary N) is 1. The number of carbonyl (C=O) groups is 1. The van der Waals surface area contributed by atoms with Gasteiger partial charge < -0.3 is 0 Å². The van der Waals surface area contributed by atoms with Gasteiger partial charge >= 0.3 is 0 Å². The highest BCUT2D eigenvalue weighted by Crippen LogP contribution is 2.30. The first-order chi connectivity index (χ1) is 14.1. The van der Waals surface area contributed by atoms with E-state index in [2.05, 4.69) is 32.9 Å². The molecule has 29 heavy (non-hydrogen) atoms. The van der Waals surface area contributed by atoms with Crippen LogP contribution in [-0.2, 0) is 10.5 Å². The van der Waals surface area contributed by atoms with Crippen molar-refractivity contribution >= 4 is 52.7 Å². The third-order valence-electron chi connectivity index (χ3n) is 3.45. The fraction of sp³-hybridized carbons (Fsp3) is 0.111.